The molecule has 0 saturated heterocycles. The van der Waals surface area contributed by atoms with Crippen molar-refractivity contribution in [1.82, 2.24) is 9.47 Å². The summed E-state index contributed by atoms with van der Waals surface area (Å²) in [5.74, 6) is -3.32. The first-order chi connectivity index (χ1) is 24.4. The van der Waals surface area contributed by atoms with Gasteiger partial charge in [-0.05, 0) is 54.3 Å². The number of aromatic nitrogens is 1. The van der Waals surface area contributed by atoms with Crippen molar-refractivity contribution in [2.24, 2.45) is 0 Å². The number of aliphatic carboxylic acids is 2. The fourth-order valence-corrected chi connectivity index (χ4v) is 6.00. The molecular weight excluding hydrogens is 714 g/mol. The van der Waals surface area contributed by atoms with Gasteiger partial charge in [0.2, 0.25) is 0 Å². The molecule has 1 atom stereocenters. The van der Waals surface area contributed by atoms with Gasteiger partial charge in [-0.2, -0.15) is 26.3 Å². The molecule has 0 unspecified atom stereocenters. The van der Waals surface area contributed by atoms with Crippen LogP contribution in [-0.2, 0) is 28.9 Å². The lowest BCUT2D eigenvalue weighted by atomic mass is 9.89. The average molecular weight is 749 g/mol. The van der Waals surface area contributed by atoms with Crippen molar-refractivity contribution >= 4 is 34.4 Å². The maximum atomic E-state index is 13.9. The molecule has 0 fully saturated rings. The summed E-state index contributed by atoms with van der Waals surface area (Å²) in [5, 5.41) is 16.9. The highest BCUT2D eigenvalue weighted by atomic mass is 35.5. The number of nitrogens with zero attached hydrogens (tertiary/aromatic N) is 2. The number of benzene rings is 4. The van der Waals surface area contributed by atoms with Crippen LogP contribution in [0.2, 0.25) is 5.02 Å². The molecule has 0 amide bonds. The Morgan fingerprint density at radius 1 is 0.827 bits per heavy atom. The lowest BCUT2D eigenvalue weighted by Gasteiger charge is -2.43. The molecule has 1 heterocycles. The van der Waals surface area contributed by atoms with Gasteiger partial charge in [-0.1, -0.05) is 97.4 Å². The smallest absolute Gasteiger partial charge is 0.480 e. The minimum atomic E-state index is -5.08. The molecule has 0 aliphatic rings. The number of hydrogen-bond donors (Lipinski definition) is 2. The van der Waals surface area contributed by atoms with Crippen LogP contribution < -0.4 is 4.74 Å². The van der Waals surface area contributed by atoms with Crippen molar-refractivity contribution in [1.29, 1.82) is 0 Å². The third-order valence-electron chi connectivity index (χ3n) is 8.53. The van der Waals surface area contributed by atoms with E-state index in [0.29, 0.717) is 29.8 Å². The minimum Gasteiger partial charge on any atom is -0.480 e. The highest BCUT2D eigenvalue weighted by molar-refractivity contribution is 6.32. The maximum Gasteiger partial charge on any atom is 0.490 e. The normalized spacial score (nSPS) is 13.1. The Morgan fingerprint density at radius 2 is 1.38 bits per heavy atom. The molecule has 0 radical (unpaired) electrons. The van der Waals surface area contributed by atoms with Crippen LogP contribution in [0.25, 0.3) is 10.9 Å². The van der Waals surface area contributed by atoms with E-state index in [9.17, 15) is 36.2 Å². The van der Waals surface area contributed by atoms with Gasteiger partial charge in [0.05, 0.1) is 16.1 Å². The van der Waals surface area contributed by atoms with Gasteiger partial charge in [0.25, 0.3) is 0 Å². The Bertz CT molecular complexity index is 1930. The summed E-state index contributed by atoms with van der Waals surface area (Å²) in [4.78, 5) is 22.4. The monoisotopic (exact) mass is 748 g/mol. The number of ether oxygens (including phenoxy) is 1. The Kier molecular flexibility index (Phi) is 12.7. The molecule has 14 heteroatoms. The average Bonchev–Trinajstić information content (AvgIpc) is 3.50. The third-order valence-corrected chi connectivity index (χ3v) is 8.98. The van der Waals surface area contributed by atoms with Crippen molar-refractivity contribution in [3.05, 3.63) is 137 Å². The molecular formula is C38H35ClF6N2O5. The minimum absolute atomic E-state index is 0.0826. The highest BCUT2D eigenvalue weighted by Crippen LogP contribution is 2.39. The van der Waals surface area contributed by atoms with Crippen LogP contribution in [0.4, 0.5) is 26.3 Å². The van der Waals surface area contributed by atoms with Gasteiger partial charge in [-0.15, -0.1) is 0 Å². The van der Waals surface area contributed by atoms with Gasteiger partial charge in [-0.3, -0.25) is 9.69 Å². The van der Waals surface area contributed by atoms with E-state index in [0.717, 1.165) is 22.6 Å². The van der Waals surface area contributed by atoms with Gasteiger partial charge in [-0.25, -0.2) is 4.79 Å². The maximum absolute atomic E-state index is 13.9. The van der Waals surface area contributed by atoms with Crippen molar-refractivity contribution in [3.8, 4) is 5.75 Å². The van der Waals surface area contributed by atoms with Crippen LogP contribution in [0.15, 0.2) is 109 Å². The number of alkyl halides is 6. The van der Waals surface area contributed by atoms with E-state index in [1.807, 2.05) is 97.6 Å². The van der Waals surface area contributed by atoms with Crippen LogP contribution in [0.3, 0.4) is 0 Å². The zero-order chi connectivity index (χ0) is 38.3. The molecule has 0 spiro atoms. The summed E-state index contributed by atoms with van der Waals surface area (Å²) >= 11 is 6.45. The number of carboxylic acid groups (broad SMARTS) is 2. The topological polar surface area (TPSA) is 92.0 Å². The predicted octanol–water partition coefficient (Wildman–Crippen LogP) is 9.87. The van der Waals surface area contributed by atoms with Crippen molar-refractivity contribution in [2.75, 3.05) is 6.54 Å². The zero-order valence-electron chi connectivity index (χ0n) is 28.0. The Labute approximate surface area is 300 Å². The SMILES string of the molecule is CC[C@@](C)(Oc1cccc2c1ccn2CC(=O)O)N(Cc1cccc(C(F)(F)F)c1Cl)CC(c1ccccc1)c1ccccc1.O=C(O)C(F)(F)F. The van der Waals surface area contributed by atoms with Gasteiger partial charge in [0.15, 0.2) is 5.72 Å². The number of fused-ring (bicyclic) bond motifs is 1. The molecule has 0 aliphatic heterocycles. The van der Waals surface area contributed by atoms with Crippen LogP contribution >= 0.6 is 11.6 Å². The molecule has 4 aromatic carbocycles. The Hall–Kier alpha value is -5.01. The molecule has 276 valence electrons. The fourth-order valence-electron chi connectivity index (χ4n) is 5.71. The number of rotatable bonds is 12. The van der Waals surface area contributed by atoms with Crippen LogP contribution in [-0.4, -0.2) is 50.1 Å². The second-order valence-electron chi connectivity index (χ2n) is 12.0. The van der Waals surface area contributed by atoms with Gasteiger partial charge < -0.3 is 19.5 Å². The van der Waals surface area contributed by atoms with E-state index in [2.05, 4.69) is 0 Å². The first-order valence-corrected chi connectivity index (χ1v) is 16.3. The molecule has 2 N–H and O–H groups in total. The second kappa shape index (κ2) is 16.6. The number of halogens is 7. The van der Waals surface area contributed by atoms with Gasteiger partial charge in [0, 0.05) is 30.6 Å². The Balaban J connectivity index is 0.000000785. The summed E-state index contributed by atoms with van der Waals surface area (Å²) in [6, 6.07) is 31.2. The van der Waals surface area contributed by atoms with Crippen LogP contribution in [0.5, 0.6) is 5.75 Å². The molecule has 0 aliphatic carbocycles. The largest absolute Gasteiger partial charge is 0.490 e. The van der Waals surface area contributed by atoms with E-state index < -0.39 is 35.6 Å². The third kappa shape index (κ3) is 9.86. The fraction of sp³-hybridized carbons (Fsp3) is 0.263. The molecule has 1 aromatic heterocycles. The quantitative estimate of drug-likeness (QED) is 0.0976. The number of carboxylic acids is 2. The predicted molar refractivity (Wildman–Crippen MR) is 184 cm³/mol. The van der Waals surface area contributed by atoms with Gasteiger partial charge in [0.1, 0.15) is 12.3 Å². The van der Waals surface area contributed by atoms with E-state index in [4.69, 9.17) is 26.2 Å². The number of carbonyl (C=O) groups is 2. The van der Waals surface area contributed by atoms with E-state index >= 15 is 0 Å². The first kappa shape index (κ1) is 39.8. The van der Waals surface area contributed by atoms with E-state index in [1.54, 1.807) is 22.9 Å². The van der Waals surface area contributed by atoms with Crippen molar-refractivity contribution in [3.63, 3.8) is 0 Å². The second-order valence-corrected chi connectivity index (χ2v) is 12.4. The van der Waals surface area contributed by atoms with Crippen molar-refractivity contribution in [2.45, 2.75) is 57.4 Å². The van der Waals surface area contributed by atoms with E-state index in [-0.39, 0.29) is 24.0 Å². The molecule has 0 saturated carbocycles. The summed E-state index contributed by atoms with van der Waals surface area (Å²) in [6.45, 7) is 4.18. The summed E-state index contributed by atoms with van der Waals surface area (Å²) < 4.78 is 81.8. The molecule has 52 heavy (non-hydrogen) atoms. The van der Waals surface area contributed by atoms with Crippen molar-refractivity contribution < 1.29 is 50.9 Å². The molecule has 7 nitrogen and oxygen atoms in total. The number of hydrogen-bond acceptors (Lipinski definition) is 4. The highest BCUT2D eigenvalue weighted by Gasteiger charge is 2.39. The standard InChI is InChI=1S/C36H34ClF3N2O3.C2HF3O2/c1-3-35(2,45-32-19-11-18-31-28(32)20-21-41(31)24-33(43)44)42(22-27-16-10-17-30(34(27)37)36(38,39)40)23-29(25-12-6-4-7-13-25)26-14-8-5-9-15-26;3-2(4,5)1(6)7/h4-21,29H,3,22-24H2,1-2H3,(H,43,44);(H,6,7)/t35-;/m1./s1. The van der Waals surface area contributed by atoms with Crippen LogP contribution in [0, 0.1) is 0 Å². The summed E-state index contributed by atoms with van der Waals surface area (Å²) in [6.07, 6.45) is -7.50. The Morgan fingerprint density at radius 3 is 1.88 bits per heavy atom. The van der Waals surface area contributed by atoms with Gasteiger partial charge >= 0.3 is 24.3 Å². The molecule has 0 bridgehead atoms. The lowest BCUT2D eigenvalue weighted by Crippen LogP contribution is -2.51. The lowest BCUT2D eigenvalue weighted by molar-refractivity contribution is -0.192. The summed E-state index contributed by atoms with van der Waals surface area (Å²) in [5.41, 5.74) is 1.24. The summed E-state index contributed by atoms with van der Waals surface area (Å²) in [7, 11) is 0. The zero-order valence-corrected chi connectivity index (χ0v) is 28.7. The molecule has 5 rings (SSSR count). The van der Waals surface area contributed by atoms with Crippen LogP contribution in [0.1, 0.15) is 48.4 Å². The van der Waals surface area contributed by atoms with E-state index in [1.165, 1.54) is 6.07 Å². The first-order valence-electron chi connectivity index (χ1n) is 15.9. The molecule has 5 aromatic rings.